The molecule has 1 heterocycles. The second-order valence-corrected chi connectivity index (χ2v) is 8.13. The zero-order valence-corrected chi connectivity index (χ0v) is 18.2. The predicted molar refractivity (Wildman–Crippen MR) is 125 cm³/mol. The number of hydrogen-bond acceptors (Lipinski definition) is 3. The van der Waals surface area contributed by atoms with Gasteiger partial charge in [-0.25, -0.2) is 0 Å². The third-order valence-corrected chi connectivity index (χ3v) is 5.66. The summed E-state index contributed by atoms with van der Waals surface area (Å²) in [6.07, 6.45) is 0.604. The Kier molecular flexibility index (Phi) is 5.92. The van der Waals surface area contributed by atoms with Crippen LogP contribution >= 0.6 is 11.6 Å². The van der Waals surface area contributed by atoms with E-state index in [1.165, 1.54) is 4.90 Å². The second kappa shape index (κ2) is 8.78. The van der Waals surface area contributed by atoms with Crippen LogP contribution in [0, 0.1) is 13.8 Å². The summed E-state index contributed by atoms with van der Waals surface area (Å²) >= 11 is 6.08. The average Bonchev–Trinajstić information content (AvgIpc) is 2.99. The molecule has 1 aliphatic rings. The summed E-state index contributed by atoms with van der Waals surface area (Å²) in [5.74, 6) is -0.593. The smallest absolute Gasteiger partial charge is 0.278 e. The second-order valence-electron chi connectivity index (χ2n) is 7.70. The van der Waals surface area contributed by atoms with E-state index in [-0.39, 0.29) is 11.8 Å². The lowest BCUT2D eigenvalue weighted by molar-refractivity contribution is -0.136. The van der Waals surface area contributed by atoms with Gasteiger partial charge in [-0.2, -0.15) is 0 Å². The van der Waals surface area contributed by atoms with E-state index < -0.39 is 0 Å². The zero-order chi connectivity index (χ0) is 22.0. The van der Waals surface area contributed by atoms with Gasteiger partial charge in [-0.3, -0.25) is 14.5 Å². The molecular formula is C26H23ClN2O2. The topological polar surface area (TPSA) is 49.4 Å². The number of benzene rings is 3. The van der Waals surface area contributed by atoms with Crippen molar-refractivity contribution in [1.82, 2.24) is 4.90 Å². The van der Waals surface area contributed by atoms with Crippen LogP contribution in [0.25, 0.3) is 5.57 Å². The largest absolute Gasteiger partial charge is 0.350 e. The number of hydrogen-bond donors (Lipinski definition) is 1. The van der Waals surface area contributed by atoms with E-state index in [1.54, 1.807) is 6.07 Å². The minimum absolute atomic E-state index is 0.279. The van der Waals surface area contributed by atoms with Gasteiger partial charge in [0.05, 0.1) is 5.57 Å². The van der Waals surface area contributed by atoms with Crippen molar-refractivity contribution >= 4 is 34.7 Å². The Bertz CT molecular complexity index is 1170. The molecule has 0 radical (unpaired) electrons. The summed E-state index contributed by atoms with van der Waals surface area (Å²) in [6, 6.07) is 22.9. The van der Waals surface area contributed by atoms with Gasteiger partial charge in [-0.1, -0.05) is 71.8 Å². The first-order chi connectivity index (χ1) is 14.9. The molecule has 0 aliphatic carbocycles. The normalized spacial score (nSPS) is 13.8. The molecule has 0 unspecified atom stereocenters. The molecule has 3 aromatic rings. The van der Waals surface area contributed by atoms with Gasteiger partial charge in [0, 0.05) is 17.3 Å². The Labute approximate surface area is 187 Å². The fourth-order valence-corrected chi connectivity index (χ4v) is 3.90. The summed E-state index contributed by atoms with van der Waals surface area (Å²) in [5.41, 5.74) is 5.22. The van der Waals surface area contributed by atoms with Crippen LogP contribution in [0.15, 0.2) is 78.5 Å². The van der Waals surface area contributed by atoms with Crippen LogP contribution in [0.1, 0.15) is 22.3 Å². The molecule has 0 bridgehead atoms. The number of imide groups is 1. The number of amides is 2. The standard InChI is InChI=1S/C26H23ClN2O2/c1-17-8-10-20(11-9-17)23-24(28-22-13-12-21(27)16-18(22)2)26(31)29(25(23)30)15-14-19-6-4-3-5-7-19/h3-13,16,28H,14-15H2,1-2H3. The van der Waals surface area contributed by atoms with Crippen LogP contribution < -0.4 is 5.32 Å². The maximum absolute atomic E-state index is 13.3. The Hall–Kier alpha value is -3.37. The number of halogens is 1. The van der Waals surface area contributed by atoms with Crippen LogP contribution in [0.2, 0.25) is 5.02 Å². The highest BCUT2D eigenvalue weighted by Crippen LogP contribution is 2.32. The van der Waals surface area contributed by atoms with Crippen LogP contribution in [0.5, 0.6) is 0 Å². The molecule has 2 amide bonds. The quantitative estimate of drug-likeness (QED) is 0.533. The van der Waals surface area contributed by atoms with Crippen molar-refractivity contribution in [3.63, 3.8) is 0 Å². The molecular weight excluding hydrogens is 408 g/mol. The fourth-order valence-electron chi connectivity index (χ4n) is 3.67. The average molecular weight is 431 g/mol. The first-order valence-electron chi connectivity index (χ1n) is 10.2. The molecule has 0 fully saturated rings. The molecule has 1 N–H and O–H groups in total. The van der Waals surface area contributed by atoms with Crippen LogP contribution in [0.3, 0.4) is 0 Å². The highest BCUT2D eigenvalue weighted by molar-refractivity contribution is 6.36. The van der Waals surface area contributed by atoms with Crippen LogP contribution in [-0.2, 0) is 16.0 Å². The lowest BCUT2D eigenvalue weighted by atomic mass is 10.0. The number of aryl methyl sites for hydroxylation is 2. The maximum atomic E-state index is 13.3. The minimum Gasteiger partial charge on any atom is -0.350 e. The molecule has 0 saturated carbocycles. The number of carbonyl (C=O) groups is 2. The molecule has 0 spiro atoms. The third kappa shape index (κ3) is 4.39. The Morgan fingerprint density at radius 2 is 1.58 bits per heavy atom. The fraction of sp³-hybridized carbons (Fsp3) is 0.154. The lowest BCUT2D eigenvalue weighted by Crippen LogP contribution is -2.34. The van der Waals surface area contributed by atoms with E-state index in [2.05, 4.69) is 5.32 Å². The van der Waals surface area contributed by atoms with Crippen molar-refractivity contribution in [3.05, 3.63) is 106 Å². The molecule has 156 valence electrons. The van der Waals surface area contributed by atoms with Crippen molar-refractivity contribution in [3.8, 4) is 0 Å². The molecule has 0 saturated heterocycles. The Morgan fingerprint density at radius 3 is 2.26 bits per heavy atom. The van der Waals surface area contributed by atoms with Crippen molar-refractivity contribution in [2.45, 2.75) is 20.3 Å². The van der Waals surface area contributed by atoms with E-state index in [0.29, 0.717) is 29.3 Å². The van der Waals surface area contributed by atoms with Crippen molar-refractivity contribution in [2.75, 3.05) is 11.9 Å². The number of anilines is 1. The molecule has 4 rings (SSSR count). The highest BCUT2D eigenvalue weighted by atomic mass is 35.5. The first-order valence-corrected chi connectivity index (χ1v) is 10.6. The molecule has 0 aromatic heterocycles. The molecule has 31 heavy (non-hydrogen) atoms. The number of nitrogens with zero attached hydrogens (tertiary/aromatic N) is 1. The van der Waals surface area contributed by atoms with E-state index >= 15 is 0 Å². The number of nitrogens with one attached hydrogen (secondary N) is 1. The summed E-state index contributed by atoms with van der Waals surface area (Å²) in [7, 11) is 0. The predicted octanol–water partition coefficient (Wildman–Crippen LogP) is 5.39. The Balaban J connectivity index is 1.69. The van der Waals surface area contributed by atoms with E-state index in [9.17, 15) is 9.59 Å². The first kappa shape index (κ1) is 20.9. The zero-order valence-electron chi connectivity index (χ0n) is 17.5. The van der Waals surface area contributed by atoms with E-state index in [4.69, 9.17) is 11.6 Å². The molecule has 0 atom stereocenters. The third-order valence-electron chi connectivity index (χ3n) is 5.42. The van der Waals surface area contributed by atoms with Gasteiger partial charge >= 0.3 is 0 Å². The van der Waals surface area contributed by atoms with Crippen LogP contribution in [-0.4, -0.2) is 23.3 Å². The van der Waals surface area contributed by atoms with Gasteiger partial charge in [-0.05, 0) is 55.2 Å². The highest BCUT2D eigenvalue weighted by Gasteiger charge is 2.39. The summed E-state index contributed by atoms with van der Waals surface area (Å²) in [4.78, 5) is 28.0. The van der Waals surface area contributed by atoms with Gasteiger partial charge < -0.3 is 5.32 Å². The minimum atomic E-state index is -0.314. The van der Waals surface area contributed by atoms with E-state index in [1.807, 2.05) is 80.6 Å². The van der Waals surface area contributed by atoms with Crippen molar-refractivity contribution in [1.29, 1.82) is 0 Å². The molecule has 3 aromatic carbocycles. The summed E-state index contributed by atoms with van der Waals surface area (Å²) in [5, 5.41) is 3.84. The van der Waals surface area contributed by atoms with Gasteiger partial charge in [0.15, 0.2) is 0 Å². The van der Waals surface area contributed by atoms with Gasteiger partial charge in [-0.15, -0.1) is 0 Å². The Morgan fingerprint density at radius 1 is 0.871 bits per heavy atom. The number of carbonyl (C=O) groups excluding carboxylic acids is 2. The summed E-state index contributed by atoms with van der Waals surface area (Å²) < 4.78 is 0. The summed E-state index contributed by atoms with van der Waals surface area (Å²) in [6.45, 7) is 4.22. The number of rotatable bonds is 6. The molecule has 5 heteroatoms. The SMILES string of the molecule is Cc1ccc(C2=C(Nc3ccc(Cl)cc3C)C(=O)N(CCc3ccccc3)C2=O)cc1. The van der Waals surface area contributed by atoms with Gasteiger partial charge in [0.25, 0.3) is 11.8 Å². The molecule has 4 nitrogen and oxygen atoms in total. The monoisotopic (exact) mass is 430 g/mol. The van der Waals surface area contributed by atoms with E-state index in [0.717, 1.165) is 27.9 Å². The van der Waals surface area contributed by atoms with Crippen LogP contribution in [0.4, 0.5) is 5.69 Å². The van der Waals surface area contributed by atoms with Crippen molar-refractivity contribution < 1.29 is 9.59 Å². The van der Waals surface area contributed by atoms with Gasteiger partial charge in [0.2, 0.25) is 0 Å². The maximum Gasteiger partial charge on any atom is 0.278 e. The lowest BCUT2D eigenvalue weighted by Gasteiger charge is -2.16. The molecule has 1 aliphatic heterocycles. The van der Waals surface area contributed by atoms with Gasteiger partial charge in [0.1, 0.15) is 5.70 Å². The van der Waals surface area contributed by atoms with Crippen molar-refractivity contribution in [2.24, 2.45) is 0 Å².